The molecule has 1 atom stereocenters. The molecule has 0 fully saturated rings. The molecule has 0 bridgehead atoms. The SMILES string of the molecule is CCc1ccc2c(C[NH+](C)Cc3ccc(C(F)(F)F)cc3)cc(=O)oc2c1. The molecule has 142 valence electrons. The first-order valence-corrected chi connectivity index (χ1v) is 8.79. The summed E-state index contributed by atoms with van der Waals surface area (Å²) in [7, 11) is 1.94. The number of benzene rings is 2. The quantitative estimate of drug-likeness (QED) is 0.691. The molecule has 3 aromatic rings. The van der Waals surface area contributed by atoms with Crippen molar-refractivity contribution >= 4 is 11.0 Å². The van der Waals surface area contributed by atoms with Gasteiger partial charge in [-0.2, -0.15) is 13.2 Å². The van der Waals surface area contributed by atoms with Crippen molar-refractivity contribution in [3.05, 3.63) is 81.2 Å². The summed E-state index contributed by atoms with van der Waals surface area (Å²) in [6.45, 7) is 3.15. The van der Waals surface area contributed by atoms with Crippen molar-refractivity contribution < 1.29 is 22.5 Å². The highest BCUT2D eigenvalue weighted by atomic mass is 19.4. The molecule has 3 rings (SSSR count). The van der Waals surface area contributed by atoms with E-state index in [-0.39, 0.29) is 0 Å². The normalized spacial score (nSPS) is 13.1. The van der Waals surface area contributed by atoms with Crippen LogP contribution in [0, 0.1) is 0 Å². The zero-order valence-corrected chi connectivity index (χ0v) is 15.2. The van der Waals surface area contributed by atoms with Crippen molar-refractivity contribution in [2.45, 2.75) is 32.6 Å². The molecule has 3 nitrogen and oxygen atoms in total. The molecule has 0 amide bonds. The molecule has 2 aromatic carbocycles. The highest BCUT2D eigenvalue weighted by Crippen LogP contribution is 2.29. The Labute approximate surface area is 155 Å². The predicted molar refractivity (Wildman–Crippen MR) is 97.6 cm³/mol. The Morgan fingerprint density at radius 3 is 2.26 bits per heavy atom. The van der Waals surface area contributed by atoms with Gasteiger partial charge in [-0.3, -0.25) is 0 Å². The van der Waals surface area contributed by atoms with Crippen LogP contribution in [0.15, 0.2) is 57.7 Å². The van der Waals surface area contributed by atoms with Crippen molar-refractivity contribution in [1.29, 1.82) is 0 Å². The minimum atomic E-state index is -4.33. The van der Waals surface area contributed by atoms with E-state index in [9.17, 15) is 18.0 Å². The lowest BCUT2D eigenvalue weighted by Gasteiger charge is -2.16. The molecular weight excluding hydrogens is 355 g/mol. The maximum absolute atomic E-state index is 12.7. The highest BCUT2D eigenvalue weighted by molar-refractivity contribution is 5.80. The third-order valence-electron chi connectivity index (χ3n) is 4.58. The molecule has 0 saturated carbocycles. The number of quaternary nitrogens is 1. The zero-order chi connectivity index (χ0) is 19.6. The average molecular weight is 376 g/mol. The Balaban J connectivity index is 1.79. The predicted octanol–water partition coefficient (Wildman–Crippen LogP) is 3.59. The van der Waals surface area contributed by atoms with Gasteiger partial charge >= 0.3 is 11.8 Å². The van der Waals surface area contributed by atoms with Gasteiger partial charge in [-0.25, -0.2) is 4.79 Å². The zero-order valence-electron chi connectivity index (χ0n) is 15.2. The fourth-order valence-electron chi connectivity index (χ4n) is 3.19. The van der Waals surface area contributed by atoms with Crippen LogP contribution in [0.3, 0.4) is 0 Å². The first-order valence-electron chi connectivity index (χ1n) is 8.79. The van der Waals surface area contributed by atoms with Crippen LogP contribution in [0.5, 0.6) is 0 Å². The van der Waals surface area contributed by atoms with Crippen LogP contribution in [0.4, 0.5) is 13.2 Å². The van der Waals surface area contributed by atoms with E-state index in [1.54, 1.807) is 0 Å². The summed E-state index contributed by atoms with van der Waals surface area (Å²) in [5, 5.41) is 0.888. The van der Waals surface area contributed by atoms with Crippen LogP contribution in [0.2, 0.25) is 0 Å². The standard InChI is InChI=1S/C21H20F3NO2/c1-3-14-6-9-18-16(11-20(26)27-19(18)10-14)13-25(2)12-15-4-7-17(8-5-15)21(22,23)24/h4-11H,3,12-13H2,1-2H3/p+1. The monoisotopic (exact) mass is 376 g/mol. The molecule has 0 aliphatic carbocycles. The van der Waals surface area contributed by atoms with Crippen molar-refractivity contribution in [3.8, 4) is 0 Å². The van der Waals surface area contributed by atoms with Crippen LogP contribution in [0.1, 0.15) is 29.2 Å². The largest absolute Gasteiger partial charge is 0.423 e. The van der Waals surface area contributed by atoms with Gasteiger partial charge in [0.05, 0.1) is 12.6 Å². The molecule has 27 heavy (non-hydrogen) atoms. The highest BCUT2D eigenvalue weighted by Gasteiger charge is 2.30. The molecule has 0 saturated heterocycles. The van der Waals surface area contributed by atoms with Gasteiger partial charge < -0.3 is 9.32 Å². The lowest BCUT2D eigenvalue weighted by Crippen LogP contribution is -3.06. The van der Waals surface area contributed by atoms with Gasteiger partial charge in [-0.15, -0.1) is 0 Å². The van der Waals surface area contributed by atoms with E-state index in [0.29, 0.717) is 18.7 Å². The van der Waals surface area contributed by atoms with E-state index in [0.717, 1.165) is 45.5 Å². The Morgan fingerprint density at radius 1 is 0.963 bits per heavy atom. The topological polar surface area (TPSA) is 34.7 Å². The summed E-state index contributed by atoms with van der Waals surface area (Å²) in [5.74, 6) is 0. The molecule has 6 heteroatoms. The second kappa shape index (κ2) is 7.56. The molecule has 0 aliphatic heterocycles. The fraction of sp³-hybridized carbons (Fsp3) is 0.286. The van der Waals surface area contributed by atoms with Crippen LogP contribution in [-0.2, 0) is 25.7 Å². The molecule has 1 N–H and O–H groups in total. The van der Waals surface area contributed by atoms with Gasteiger partial charge in [0.15, 0.2) is 0 Å². The van der Waals surface area contributed by atoms with Crippen molar-refractivity contribution in [3.63, 3.8) is 0 Å². The molecular formula is C21H21F3NO2+. The van der Waals surface area contributed by atoms with E-state index in [2.05, 4.69) is 0 Å². The smallest absolute Gasteiger partial charge is 0.416 e. The molecule has 1 heterocycles. The van der Waals surface area contributed by atoms with E-state index < -0.39 is 17.4 Å². The maximum atomic E-state index is 12.7. The van der Waals surface area contributed by atoms with Gasteiger partial charge in [0, 0.05) is 22.6 Å². The summed E-state index contributed by atoms with van der Waals surface area (Å²) in [5.41, 5.74) is 2.29. The average Bonchev–Trinajstić information content (AvgIpc) is 2.60. The lowest BCUT2D eigenvalue weighted by molar-refractivity contribution is -0.907. The number of hydrogen-bond donors (Lipinski definition) is 1. The molecule has 0 aliphatic rings. The lowest BCUT2D eigenvalue weighted by atomic mass is 10.1. The van der Waals surface area contributed by atoms with Crippen molar-refractivity contribution in [2.75, 3.05) is 7.05 Å². The number of hydrogen-bond acceptors (Lipinski definition) is 2. The minimum absolute atomic E-state index is 0.395. The van der Waals surface area contributed by atoms with Gasteiger partial charge in [0.25, 0.3) is 0 Å². The summed E-state index contributed by atoms with van der Waals surface area (Å²) < 4.78 is 43.3. The van der Waals surface area contributed by atoms with Crippen molar-refractivity contribution in [2.24, 2.45) is 0 Å². The summed E-state index contributed by atoms with van der Waals surface area (Å²) in [6.07, 6.45) is -3.48. The minimum Gasteiger partial charge on any atom is -0.423 e. The van der Waals surface area contributed by atoms with E-state index in [4.69, 9.17) is 4.42 Å². The number of halogens is 3. The van der Waals surface area contributed by atoms with Gasteiger partial charge in [-0.05, 0) is 30.2 Å². The summed E-state index contributed by atoms with van der Waals surface area (Å²) in [4.78, 5) is 12.9. The van der Waals surface area contributed by atoms with Gasteiger partial charge in [0.2, 0.25) is 0 Å². The first kappa shape index (κ1) is 19.2. The number of nitrogens with one attached hydrogen (secondary N) is 1. The number of fused-ring (bicyclic) bond motifs is 1. The van der Waals surface area contributed by atoms with E-state index in [1.165, 1.54) is 18.2 Å². The summed E-state index contributed by atoms with van der Waals surface area (Å²) in [6, 6.07) is 12.5. The molecule has 1 aromatic heterocycles. The Hall–Kier alpha value is -2.60. The van der Waals surface area contributed by atoms with Crippen LogP contribution < -0.4 is 10.5 Å². The maximum Gasteiger partial charge on any atom is 0.416 e. The van der Waals surface area contributed by atoms with E-state index in [1.807, 2.05) is 32.2 Å². The molecule has 1 unspecified atom stereocenters. The summed E-state index contributed by atoms with van der Waals surface area (Å²) >= 11 is 0. The van der Waals surface area contributed by atoms with Crippen LogP contribution in [-0.4, -0.2) is 7.05 Å². The van der Waals surface area contributed by atoms with Crippen LogP contribution in [0.25, 0.3) is 11.0 Å². The number of aryl methyl sites for hydroxylation is 1. The van der Waals surface area contributed by atoms with Crippen molar-refractivity contribution in [1.82, 2.24) is 0 Å². The second-order valence-corrected chi connectivity index (χ2v) is 6.78. The first-order chi connectivity index (χ1) is 12.8. The van der Waals surface area contributed by atoms with Gasteiger partial charge in [0.1, 0.15) is 18.7 Å². The van der Waals surface area contributed by atoms with E-state index >= 15 is 0 Å². The molecule has 0 spiro atoms. The Kier molecular flexibility index (Phi) is 5.37. The number of rotatable bonds is 5. The third-order valence-corrected chi connectivity index (χ3v) is 4.58. The number of alkyl halides is 3. The second-order valence-electron chi connectivity index (χ2n) is 6.78. The molecule has 0 radical (unpaired) electrons. The fourth-order valence-corrected chi connectivity index (χ4v) is 3.19. The Morgan fingerprint density at radius 2 is 1.63 bits per heavy atom. The van der Waals surface area contributed by atoms with Crippen LogP contribution >= 0.6 is 0 Å². The Bertz CT molecular complexity index is 991. The van der Waals surface area contributed by atoms with Gasteiger partial charge in [-0.1, -0.05) is 31.2 Å². The third kappa shape index (κ3) is 4.57.